The number of rotatable bonds is 7. The molecule has 0 radical (unpaired) electrons. The van der Waals surface area contributed by atoms with Gasteiger partial charge in [-0.05, 0) is 67.2 Å². The molecule has 4 nitrogen and oxygen atoms in total. The Kier molecular flexibility index (Phi) is 7.16. The lowest BCUT2D eigenvalue weighted by atomic mass is 9.80. The summed E-state index contributed by atoms with van der Waals surface area (Å²) < 4.78 is 12.3. The summed E-state index contributed by atoms with van der Waals surface area (Å²) in [6, 6.07) is 0. The van der Waals surface area contributed by atoms with Crippen LogP contribution in [0.3, 0.4) is 0 Å². The van der Waals surface area contributed by atoms with Gasteiger partial charge in [0, 0.05) is 5.92 Å². The fourth-order valence-electron chi connectivity index (χ4n) is 4.46. The molecule has 0 aromatic heterocycles. The standard InChI is InChI=1S/C23H40O4/c1-21(2,19(24)17-13-9-7-10-14-17)27-23(5,6)22(3,4)26-20(25)18-15-11-8-12-16-18/h17-18H,7-16H2,1-6H3. The van der Waals surface area contributed by atoms with Crippen molar-refractivity contribution < 1.29 is 19.1 Å². The molecule has 0 aromatic rings. The topological polar surface area (TPSA) is 52.6 Å². The number of hydrogen-bond acceptors (Lipinski definition) is 4. The zero-order chi connectivity index (χ0) is 20.3. The Balaban J connectivity index is 2.02. The lowest BCUT2D eigenvalue weighted by molar-refractivity contribution is -0.223. The third kappa shape index (κ3) is 5.56. The van der Waals surface area contributed by atoms with Crippen molar-refractivity contribution in [3.05, 3.63) is 0 Å². The first-order valence-electron chi connectivity index (χ1n) is 10.9. The van der Waals surface area contributed by atoms with E-state index in [1.807, 2.05) is 41.5 Å². The Morgan fingerprint density at radius 3 is 1.59 bits per heavy atom. The molecule has 0 aliphatic heterocycles. The molecule has 2 rings (SSSR count). The summed E-state index contributed by atoms with van der Waals surface area (Å²) in [5.41, 5.74) is -2.48. The molecule has 0 unspecified atom stereocenters. The summed E-state index contributed by atoms with van der Waals surface area (Å²) in [5.74, 6) is 0.167. The minimum Gasteiger partial charge on any atom is -0.456 e. The maximum atomic E-state index is 13.1. The van der Waals surface area contributed by atoms with Gasteiger partial charge in [-0.15, -0.1) is 0 Å². The van der Waals surface area contributed by atoms with Gasteiger partial charge in [-0.3, -0.25) is 9.59 Å². The fourth-order valence-corrected chi connectivity index (χ4v) is 4.46. The molecule has 156 valence electrons. The van der Waals surface area contributed by atoms with Crippen LogP contribution in [0.1, 0.15) is 106 Å². The van der Waals surface area contributed by atoms with E-state index in [-0.39, 0.29) is 23.6 Å². The molecule has 2 aliphatic rings. The van der Waals surface area contributed by atoms with Gasteiger partial charge in [-0.1, -0.05) is 38.5 Å². The second-order valence-electron chi connectivity index (χ2n) is 10.1. The van der Waals surface area contributed by atoms with E-state index in [1.54, 1.807) is 0 Å². The highest BCUT2D eigenvalue weighted by Gasteiger charge is 2.48. The number of Topliss-reactive ketones (excluding diaryl/α,β-unsaturated/α-hetero) is 1. The number of carbonyl (C=O) groups excluding carboxylic acids is 2. The van der Waals surface area contributed by atoms with Crippen molar-refractivity contribution in [2.24, 2.45) is 11.8 Å². The average Bonchev–Trinajstić information content (AvgIpc) is 2.61. The Morgan fingerprint density at radius 1 is 0.667 bits per heavy atom. The van der Waals surface area contributed by atoms with Gasteiger partial charge in [0.05, 0.1) is 5.92 Å². The van der Waals surface area contributed by atoms with Crippen LogP contribution in [0, 0.1) is 11.8 Å². The van der Waals surface area contributed by atoms with E-state index in [2.05, 4.69) is 0 Å². The van der Waals surface area contributed by atoms with Crippen LogP contribution in [0.2, 0.25) is 0 Å². The number of carbonyl (C=O) groups is 2. The van der Waals surface area contributed by atoms with Crippen LogP contribution in [0.4, 0.5) is 0 Å². The van der Waals surface area contributed by atoms with Crippen LogP contribution in [0.5, 0.6) is 0 Å². The second kappa shape index (κ2) is 8.63. The molecule has 0 aromatic carbocycles. The van der Waals surface area contributed by atoms with Gasteiger partial charge < -0.3 is 9.47 Å². The monoisotopic (exact) mass is 380 g/mol. The summed E-state index contributed by atoms with van der Waals surface area (Å²) in [6.45, 7) is 11.4. The quantitative estimate of drug-likeness (QED) is 0.539. The van der Waals surface area contributed by atoms with Crippen molar-refractivity contribution in [2.75, 3.05) is 0 Å². The lowest BCUT2D eigenvalue weighted by Gasteiger charge is -2.46. The SMILES string of the molecule is CC(C)(OC(C)(C)C(C)(C)OC(=O)C1CCCCC1)C(=O)C1CCCCC1. The van der Waals surface area contributed by atoms with Crippen LogP contribution in [0.15, 0.2) is 0 Å². The highest BCUT2D eigenvalue weighted by Crippen LogP contribution is 2.38. The van der Waals surface area contributed by atoms with Crippen molar-refractivity contribution in [2.45, 2.75) is 123 Å². The van der Waals surface area contributed by atoms with Gasteiger partial charge in [0.25, 0.3) is 0 Å². The molecule has 2 fully saturated rings. The maximum Gasteiger partial charge on any atom is 0.309 e. The van der Waals surface area contributed by atoms with Crippen molar-refractivity contribution in [3.8, 4) is 0 Å². The molecule has 2 saturated carbocycles. The van der Waals surface area contributed by atoms with Crippen LogP contribution in [0.25, 0.3) is 0 Å². The van der Waals surface area contributed by atoms with Crippen molar-refractivity contribution >= 4 is 11.8 Å². The van der Waals surface area contributed by atoms with Crippen LogP contribution < -0.4 is 0 Å². The first-order valence-corrected chi connectivity index (χ1v) is 10.9. The van der Waals surface area contributed by atoms with E-state index in [0.29, 0.717) is 0 Å². The Hall–Kier alpha value is -0.900. The molecule has 0 heterocycles. The molecular formula is C23H40O4. The molecule has 0 N–H and O–H groups in total. The highest BCUT2D eigenvalue weighted by molar-refractivity contribution is 5.88. The van der Waals surface area contributed by atoms with Gasteiger partial charge in [-0.25, -0.2) is 0 Å². The molecule has 0 saturated heterocycles. The normalized spacial score (nSPS) is 21.1. The van der Waals surface area contributed by atoms with E-state index < -0.39 is 16.8 Å². The van der Waals surface area contributed by atoms with Crippen molar-refractivity contribution in [1.29, 1.82) is 0 Å². The minimum atomic E-state index is -0.889. The van der Waals surface area contributed by atoms with E-state index >= 15 is 0 Å². The summed E-state index contributed by atoms with van der Waals surface area (Å²) in [7, 11) is 0. The number of hydrogen-bond donors (Lipinski definition) is 0. The van der Waals surface area contributed by atoms with E-state index in [4.69, 9.17) is 9.47 Å². The van der Waals surface area contributed by atoms with Crippen LogP contribution in [-0.4, -0.2) is 28.6 Å². The lowest BCUT2D eigenvalue weighted by Crippen LogP contribution is -2.57. The van der Waals surface area contributed by atoms with Crippen molar-refractivity contribution in [3.63, 3.8) is 0 Å². The Bertz CT molecular complexity index is 520. The first kappa shape index (κ1) is 22.4. The predicted molar refractivity (Wildman–Crippen MR) is 108 cm³/mol. The van der Waals surface area contributed by atoms with Crippen molar-refractivity contribution in [1.82, 2.24) is 0 Å². The predicted octanol–water partition coefficient (Wildman–Crippen LogP) is 5.61. The van der Waals surface area contributed by atoms with E-state index in [1.165, 1.54) is 12.8 Å². The zero-order valence-electron chi connectivity index (χ0n) is 18.4. The molecule has 4 heteroatoms. The molecule has 27 heavy (non-hydrogen) atoms. The number of ketones is 1. The maximum absolute atomic E-state index is 13.1. The molecular weight excluding hydrogens is 340 g/mol. The van der Waals surface area contributed by atoms with Gasteiger partial charge in [0.15, 0.2) is 5.78 Å². The van der Waals surface area contributed by atoms with E-state index in [0.717, 1.165) is 51.4 Å². The molecule has 0 amide bonds. The minimum absolute atomic E-state index is 0.00528. The zero-order valence-corrected chi connectivity index (χ0v) is 18.4. The average molecular weight is 381 g/mol. The smallest absolute Gasteiger partial charge is 0.309 e. The van der Waals surface area contributed by atoms with Gasteiger partial charge in [0.2, 0.25) is 0 Å². The molecule has 2 aliphatic carbocycles. The van der Waals surface area contributed by atoms with Gasteiger partial charge in [-0.2, -0.15) is 0 Å². The van der Waals surface area contributed by atoms with Gasteiger partial charge >= 0.3 is 5.97 Å². The first-order chi connectivity index (χ1) is 12.5. The van der Waals surface area contributed by atoms with Crippen LogP contribution >= 0.6 is 0 Å². The third-order valence-corrected chi connectivity index (χ3v) is 6.82. The summed E-state index contributed by atoms with van der Waals surface area (Å²) >= 11 is 0. The Labute approximate surface area is 165 Å². The number of ether oxygens (including phenoxy) is 2. The summed E-state index contributed by atoms with van der Waals surface area (Å²) in [6.07, 6.45) is 10.6. The Morgan fingerprint density at radius 2 is 1.11 bits per heavy atom. The van der Waals surface area contributed by atoms with Gasteiger partial charge in [0.1, 0.15) is 16.8 Å². The molecule has 0 spiro atoms. The largest absolute Gasteiger partial charge is 0.456 e. The molecule has 0 atom stereocenters. The highest BCUT2D eigenvalue weighted by atomic mass is 16.6. The summed E-state index contributed by atoms with van der Waals surface area (Å²) in [5, 5.41) is 0. The summed E-state index contributed by atoms with van der Waals surface area (Å²) in [4.78, 5) is 25.7. The fraction of sp³-hybridized carbons (Fsp3) is 0.913. The molecule has 0 bridgehead atoms. The third-order valence-electron chi connectivity index (χ3n) is 6.82. The second-order valence-corrected chi connectivity index (χ2v) is 10.1. The number of esters is 1. The van der Waals surface area contributed by atoms with Crippen LogP contribution in [-0.2, 0) is 19.1 Å². The van der Waals surface area contributed by atoms with E-state index in [9.17, 15) is 9.59 Å².